The molecule has 0 spiro atoms. The molecule has 0 aliphatic carbocycles. The van der Waals surface area contributed by atoms with Crippen molar-refractivity contribution in [1.82, 2.24) is 19.7 Å². The lowest BCUT2D eigenvalue weighted by Crippen LogP contribution is -2.34. The summed E-state index contributed by atoms with van der Waals surface area (Å²) in [7, 11) is 1.85. The highest BCUT2D eigenvalue weighted by Crippen LogP contribution is 2.36. The SMILES string of the molecule is Cc1ccc(-c2ccc(C#N)c(F)c2F)c(N2CCC(c3nnc(N)n3C)CC2)n1. The molecule has 0 unspecified atom stereocenters. The summed E-state index contributed by atoms with van der Waals surface area (Å²) in [6.07, 6.45) is 1.62. The van der Waals surface area contributed by atoms with Crippen molar-refractivity contribution < 1.29 is 8.78 Å². The fourth-order valence-electron chi connectivity index (χ4n) is 3.90. The van der Waals surface area contributed by atoms with Crippen LogP contribution in [0.1, 0.15) is 35.8 Å². The van der Waals surface area contributed by atoms with Gasteiger partial charge in [0.05, 0.1) is 5.56 Å². The van der Waals surface area contributed by atoms with E-state index in [0.29, 0.717) is 30.4 Å². The normalized spacial score (nSPS) is 14.7. The average Bonchev–Trinajstić information content (AvgIpc) is 3.09. The Morgan fingerprint density at radius 2 is 1.77 bits per heavy atom. The van der Waals surface area contributed by atoms with Crippen molar-refractivity contribution in [3.8, 4) is 17.2 Å². The Morgan fingerprint density at radius 1 is 1.07 bits per heavy atom. The number of nitrogens with two attached hydrogens (primary N) is 1. The molecular weight excluding hydrogens is 388 g/mol. The fourth-order valence-corrected chi connectivity index (χ4v) is 3.90. The van der Waals surface area contributed by atoms with Gasteiger partial charge in [0.15, 0.2) is 11.6 Å². The van der Waals surface area contributed by atoms with Gasteiger partial charge in [-0.05, 0) is 44.0 Å². The van der Waals surface area contributed by atoms with Crippen molar-refractivity contribution in [2.24, 2.45) is 7.05 Å². The number of nitrogen functional groups attached to an aromatic ring is 1. The molecule has 1 saturated heterocycles. The van der Waals surface area contributed by atoms with E-state index in [-0.39, 0.29) is 17.0 Å². The lowest BCUT2D eigenvalue weighted by molar-refractivity contribution is 0.472. The van der Waals surface area contributed by atoms with Gasteiger partial charge in [-0.1, -0.05) is 0 Å². The second-order valence-electron chi connectivity index (χ2n) is 7.46. The predicted octanol–water partition coefficient (Wildman–Crippen LogP) is 3.30. The molecule has 0 atom stereocenters. The number of benzene rings is 1. The summed E-state index contributed by atoms with van der Waals surface area (Å²) in [5.74, 6) is -0.119. The zero-order valence-electron chi connectivity index (χ0n) is 16.7. The number of piperidine rings is 1. The van der Waals surface area contributed by atoms with Crippen LogP contribution in [-0.4, -0.2) is 32.8 Å². The monoisotopic (exact) mass is 409 g/mol. The Kier molecular flexibility index (Phi) is 5.08. The molecule has 3 aromatic rings. The van der Waals surface area contributed by atoms with Gasteiger partial charge in [-0.2, -0.15) is 5.26 Å². The predicted molar refractivity (Wildman–Crippen MR) is 109 cm³/mol. The highest BCUT2D eigenvalue weighted by molar-refractivity contribution is 5.77. The van der Waals surface area contributed by atoms with Crippen molar-refractivity contribution in [1.29, 1.82) is 5.26 Å². The van der Waals surface area contributed by atoms with Gasteiger partial charge in [0.25, 0.3) is 0 Å². The molecule has 3 heterocycles. The molecule has 9 heteroatoms. The number of aromatic nitrogens is 4. The molecule has 1 aromatic carbocycles. The van der Waals surface area contributed by atoms with E-state index in [4.69, 9.17) is 11.0 Å². The molecule has 4 rings (SSSR count). The smallest absolute Gasteiger partial charge is 0.221 e. The first-order valence-electron chi connectivity index (χ1n) is 9.66. The van der Waals surface area contributed by atoms with E-state index in [0.717, 1.165) is 24.4 Å². The minimum Gasteiger partial charge on any atom is -0.368 e. The van der Waals surface area contributed by atoms with E-state index in [9.17, 15) is 8.78 Å². The summed E-state index contributed by atoms with van der Waals surface area (Å²) in [6.45, 7) is 3.22. The van der Waals surface area contributed by atoms with Crippen LogP contribution < -0.4 is 10.6 Å². The van der Waals surface area contributed by atoms with Crippen molar-refractivity contribution in [2.75, 3.05) is 23.7 Å². The van der Waals surface area contributed by atoms with Crippen LogP contribution in [0.5, 0.6) is 0 Å². The summed E-state index contributed by atoms with van der Waals surface area (Å²) in [6, 6.07) is 7.91. The molecule has 154 valence electrons. The van der Waals surface area contributed by atoms with E-state index in [2.05, 4.69) is 20.1 Å². The summed E-state index contributed by atoms with van der Waals surface area (Å²) in [5, 5.41) is 17.1. The van der Waals surface area contributed by atoms with Crippen LogP contribution in [0.3, 0.4) is 0 Å². The number of nitrogens with zero attached hydrogens (tertiary/aromatic N) is 6. The van der Waals surface area contributed by atoms with E-state index in [1.54, 1.807) is 22.8 Å². The van der Waals surface area contributed by atoms with Gasteiger partial charge >= 0.3 is 0 Å². The molecule has 7 nitrogen and oxygen atoms in total. The van der Waals surface area contributed by atoms with Gasteiger partial charge in [0.2, 0.25) is 5.95 Å². The molecule has 0 saturated carbocycles. The van der Waals surface area contributed by atoms with Crippen LogP contribution >= 0.6 is 0 Å². The molecule has 2 N–H and O–H groups in total. The summed E-state index contributed by atoms with van der Waals surface area (Å²) < 4.78 is 30.7. The lowest BCUT2D eigenvalue weighted by Gasteiger charge is -2.33. The molecule has 2 aromatic heterocycles. The molecule has 0 bridgehead atoms. The van der Waals surface area contributed by atoms with Crippen molar-refractivity contribution in [3.05, 3.63) is 53.0 Å². The maximum Gasteiger partial charge on any atom is 0.221 e. The van der Waals surface area contributed by atoms with Gasteiger partial charge < -0.3 is 15.2 Å². The Bertz CT molecular complexity index is 1140. The number of hydrogen-bond donors (Lipinski definition) is 1. The molecular formula is C21H21F2N7. The number of pyridine rings is 1. The van der Waals surface area contributed by atoms with E-state index >= 15 is 0 Å². The third-order valence-electron chi connectivity index (χ3n) is 5.61. The third kappa shape index (κ3) is 3.34. The average molecular weight is 409 g/mol. The molecule has 1 aliphatic heterocycles. The largest absolute Gasteiger partial charge is 0.368 e. The summed E-state index contributed by atoms with van der Waals surface area (Å²) in [5.41, 5.74) is 6.86. The standard InChI is InChI=1S/C21H21F2N7/c1-12-3-5-16(15-6-4-14(11-24)17(22)18(15)23)20(26-12)30-9-7-13(8-10-30)19-27-28-21(25)29(19)2/h3-6,13H,7-10H2,1-2H3,(H2,25,28). The zero-order valence-corrected chi connectivity index (χ0v) is 16.7. The first kappa shape index (κ1) is 19.8. The van der Waals surface area contributed by atoms with Crippen LogP contribution in [-0.2, 0) is 7.05 Å². The van der Waals surface area contributed by atoms with Crippen LogP contribution in [0.25, 0.3) is 11.1 Å². The molecule has 1 aliphatic rings. The molecule has 0 amide bonds. The van der Waals surface area contributed by atoms with Crippen molar-refractivity contribution in [3.63, 3.8) is 0 Å². The second kappa shape index (κ2) is 7.71. The fraction of sp³-hybridized carbons (Fsp3) is 0.333. The van der Waals surface area contributed by atoms with Crippen LogP contribution in [0.15, 0.2) is 24.3 Å². The Labute approximate surface area is 172 Å². The van der Waals surface area contributed by atoms with Gasteiger partial charge in [0.1, 0.15) is 17.7 Å². The van der Waals surface area contributed by atoms with Crippen LogP contribution in [0, 0.1) is 29.9 Å². The van der Waals surface area contributed by atoms with Crippen LogP contribution in [0.4, 0.5) is 20.5 Å². The minimum atomic E-state index is -1.14. The summed E-state index contributed by atoms with van der Waals surface area (Å²) in [4.78, 5) is 6.70. The zero-order chi connectivity index (χ0) is 21.4. The van der Waals surface area contributed by atoms with Crippen molar-refractivity contribution >= 4 is 11.8 Å². The van der Waals surface area contributed by atoms with Gasteiger partial charge in [0, 0.05) is 42.9 Å². The van der Waals surface area contributed by atoms with Crippen molar-refractivity contribution in [2.45, 2.75) is 25.7 Å². The number of nitriles is 1. The number of aryl methyl sites for hydroxylation is 1. The maximum atomic E-state index is 14.7. The lowest BCUT2D eigenvalue weighted by atomic mass is 9.95. The number of hydrogen-bond acceptors (Lipinski definition) is 6. The summed E-state index contributed by atoms with van der Waals surface area (Å²) >= 11 is 0. The van der Waals surface area contributed by atoms with E-state index < -0.39 is 11.6 Å². The number of halogens is 2. The van der Waals surface area contributed by atoms with Gasteiger partial charge in [-0.15, -0.1) is 10.2 Å². The van der Waals surface area contributed by atoms with Gasteiger partial charge in [-0.3, -0.25) is 0 Å². The Hall–Kier alpha value is -3.54. The first-order valence-corrected chi connectivity index (χ1v) is 9.66. The van der Waals surface area contributed by atoms with E-state index in [1.165, 1.54) is 12.1 Å². The highest BCUT2D eigenvalue weighted by Gasteiger charge is 2.28. The maximum absolute atomic E-state index is 14.7. The number of anilines is 2. The molecule has 1 fully saturated rings. The molecule has 30 heavy (non-hydrogen) atoms. The molecule has 0 radical (unpaired) electrons. The van der Waals surface area contributed by atoms with Gasteiger partial charge in [-0.25, -0.2) is 13.8 Å². The third-order valence-corrected chi connectivity index (χ3v) is 5.61. The van der Waals surface area contributed by atoms with Crippen LogP contribution in [0.2, 0.25) is 0 Å². The topological polar surface area (TPSA) is 96.6 Å². The Morgan fingerprint density at radius 3 is 2.40 bits per heavy atom. The van der Waals surface area contributed by atoms with E-state index in [1.807, 2.05) is 14.0 Å². The first-order chi connectivity index (χ1) is 14.4. The number of rotatable bonds is 3. The Balaban J connectivity index is 1.65. The quantitative estimate of drug-likeness (QED) is 0.713. The minimum absolute atomic E-state index is 0.0946. The highest BCUT2D eigenvalue weighted by atomic mass is 19.2. The second-order valence-corrected chi connectivity index (χ2v) is 7.46.